The number of para-hydroxylation sites is 1. The van der Waals surface area contributed by atoms with Crippen LogP contribution in [0.5, 0.6) is 5.75 Å². The highest BCUT2D eigenvalue weighted by atomic mass is 32.2. The van der Waals surface area contributed by atoms with Crippen LogP contribution in [0, 0.1) is 24.0 Å². The lowest BCUT2D eigenvalue weighted by Gasteiger charge is -2.15. The van der Waals surface area contributed by atoms with Crippen molar-refractivity contribution in [1.82, 2.24) is 4.90 Å². The Kier molecular flexibility index (Phi) is 7.69. The Hall–Kier alpha value is -4.44. The number of aryl methyl sites for hydroxylation is 2. The standard InChI is InChI=1S/C27H23N3O6S/c1-17-4-3-5-18(2)25(17)28-24(31)15-29-26(32)23(37-27(29)33)14-19-8-12-22(13-9-19)36-16-20-6-10-21(11-7-20)30(34)35/h3-14H,15-16H2,1-2H3,(H,28,31)/b23-14+. The number of hydrogen-bond donors (Lipinski definition) is 1. The Balaban J connectivity index is 1.35. The molecule has 3 aromatic rings. The van der Waals surface area contributed by atoms with Crippen LogP contribution in [-0.2, 0) is 16.2 Å². The molecule has 1 aliphatic heterocycles. The van der Waals surface area contributed by atoms with Crippen LogP contribution in [0.25, 0.3) is 6.08 Å². The van der Waals surface area contributed by atoms with Gasteiger partial charge in [-0.2, -0.15) is 0 Å². The minimum absolute atomic E-state index is 0.0135. The quantitative estimate of drug-likeness (QED) is 0.239. The Labute approximate surface area is 217 Å². The number of thioether (sulfide) groups is 1. The molecule has 0 spiro atoms. The maximum atomic E-state index is 12.8. The summed E-state index contributed by atoms with van der Waals surface area (Å²) in [6, 6.07) is 18.7. The van der Waals surface area contributed by atoms with E-state index in [-0.39, 0.29) is 23.7 Å². The maximum absolute atomic E-state index is 12.8. The molecule has 0 aromatic heterocycles. The number of anilines is 1. The van der Waals surface area contributed by atoms with E-state index in [1.165, 1.54) is 12.1 Å². The van der Waals surface area contributed by atoms with Crippen LogP contribution in [0.4, 0.5) is 16.2 Å². The van der Waals surface area contributed by atoms with Gasteiger partial charge in [-0.05, 0) is 78.2 Å². The molecular weight excluding hydrogens is 494 g/mol. The molecule has 0 radical (unpaired) electrons. The number of carbonyl (C=O) groups excluding carboxylic acids is 3. The van der Waals surface area contributed by atoms with Gasteiger partial charge in [0.15, 0.2) is 0 Å². The zero-order valence-corrected chi connectivity index (χ0v) is 20.9. The van der Waals surface area contributed by atoms with Gasteiger partial charge < -0.3 is 10.1 Å². The fourth-order valence-corrected chi connectivity index (χ4v) is 4.50. The lowest BCUT2D eigenvalue weighted by atomic mass is 10.1. The first-order chi connectivity index (χ1) is 17.7. The Bertz CT molecular complexity index is 1380. The fourth-order valence-electron chi connectivity index (χ4n) is 3.66. The van der Waals surface area contributed by atoms with Crippen molar-refractivity contribution in [3.63, 3.8) is 0 Å². The lowest BCUT2D eigenvalue weighted by molar-refractivity contribution is -0.384. The van der Waals surface area contributed by atoms with Crippen LogP contribution in [0.15, 0.2) is 71.6 Å². The number of nitro benzene ring substituents is 1. The third-order valence-corrected chi connectivity index (χ3v) is 6.56. The van der Waals surface area contributed by atoms with Crippen LogP contribution in [-0.4, -0.2) is 33.4 Å². The summed E-state index contributed by atoms with van der Waals surface area (Å²) in [6.07, 6.45) is 1.59. The maximum Gasteiger partial charge on any atom is 0.294 e. The number of nitrogens with one attached hydrogen (secondary N) is 1. The molecule has 3 aromatic carbocycles. The number of hydrogen-bond acceptors (Lipinski definition) is 7. The summed E-state index contributed by atoms with van der Waals surface area (Å²) in [5.41, 5.74) is 3.94. The second-order valence-corrected chi connectivity index (χ2v) is 9.36. The molecule has 37 heavy (non-hydrogen) atoms. The van der Waals surface area contributed by atoms with E-state index >= 15 is 0 Å². The number of imide groups is 1. The lowest BCUT2D eigenvalue weighted by Crippen LogP contribution is -2.36. The van der Waals surface area contributed by atoms with Crippen LogP contribution in [0.3, 0.4) is 0 Å². The average Bonchev–Trinajstić information content (AvgIpc) is 3.13. The molecule has 0 atom stereocenters. The van der Waals surface area contributed by atoms with E-state index in [0.717, 1.165) is 33.4 Å². The zero-order valence-electron chi connectivity index (χ0n) is 20.1. The number of nitro groups is 1. The van der Waals surface area contributed by atoms with Crippen LogP contribution < -0.4 is 10.1 Å². The third-order valence-electron chi connectivity index (χ3n) is 5.65. The molecule has 0 aliphatic carbocycles. The van der Waals surface area contributed by atoms with Crippen molar-refractivity contribution in [3.8, 4) is 5.75 Å². The van der Waals surface area contributed by atoms with Gasteiger partial charge in [-0.25, -0.2) is 0 Å². The van der Waals surface area contributed by atoms with Crippen molar-refractivity contribution in [1.29, 1.82) is 0 Å². The molecule has 0 unspecified atom stereocenters. The highest BCUT2D eigenvalue weighted by Crippen LogP contribution is 2.32. The smallest absolute Gasteiger partial charge is 0.294 e. The van der Waals surface area contributed by atoms with Gasteiger partial charge in [-0.15, -0.1) is 0 Å². The first kappa shape index (κ1) is 25.6. The summed E-state index contributed by atoms with van der Waals surface area (Å²) in [6.45, 7) is 3.61. The number of non-ortho nitro benzene ring substituents is 1. The van der Waals surface area contributed by atoms with Crippen molar-refractivity contribution < 1.29 is 24.0 Å². The number of benzene rings is 3. The highest BCUT2D eigenvalue weighted by Gasteiger charge is 2.36. The minimum atomic E-state index is -0.523. The van der Waals surface area contributed by atoms with E-state index in [9.17, 15) is 24.5 Å². The van der Waals surface area contributed by atoms with Gasteiger partial charge in [0.2, 0.25) is 5.91 Å². The van der Waals surface area contributed by atoms with Gasteiger partial charge in [0.25, 0.3) is 16.8 Å². The van der Waals surface area contributed by atoms with Crippen molar-refractivity contribution in [2.24, 2.45) is 0 Å². The molecule has 9 nitrogen and oxygen atoms in total. The highest BCUT2D eigenvalue weighted by molar-refractivity contribution is 8.18. The molecule has 188 valence electrons. The largest absolute Gasteiger partial charge is 0.489 e. The van der Waals surface area contributed by atoms with E-state index in [1.807, 2.05) is 32.0 Å². The van der Waals surface area contributed by atoms with E-state index in [4.69, 9.17) is 4.74 Å². The second-order valence-electron chi connectivity index (χ2n) is 8.36. The molecule has 1 saturated heterocycles. The number of amides is 3. The van der Waals surface area contributed by atoms with Crippen LogP contribution >= 0.6 is 11.8 Å². The minimum Gasteiger partial charge on any atom is -0.489 e. The topological polar surface area (TPSA) is 119 Å². The Morgan fingerprint density at radius 3 is 2.30 bits per heavy atom. The number of ether oxygens (including phenoxy) is 1. The van der Waals surface area contributed by atoms with Gasteiger partial charge >= 0.3 is 0 Å². The van der Waals surface area contributed by atoms with Gasteiger partial charge in [-0.1, -0.05) is 30.3 Å². The summed E-state index contributed by atoms with van der Waals surface area (Å²) < 4.78 is 5.71. The molecule has 0 saturated carbocycles. The first-order valence-corrected chi connectivity index (χ1v) is 12.1. The average molecular weight is 518 g/mol. The first-order valence-electron chi connectivity index (χ1n) is 11.3. The van der Waals surface area contributed by atoms with E-state index in [1.54, 1.807) is 42.5 Å². The molecule has 0 bridgehead atoms. The Morgan fingerprint density at radius 2 is 1.68 bits per heavy atom. The van der Waals surface area contributed by atoms with Crippen LogP contribution in [0.1, 0.15) is 22.3 Å². The Morgan fingerprint density at radius 1 is 1.03 bits per heavy atom. The molecule has 3 amide bonds. The summed E-state index contributed by atoms with van der Waals surface area (Å²) in [4.78, 5) is 49.2. The third kappa shape index (κ3) is 6.22. The predicted molar refractivity (Wildman–Crippen MR) is 141 cm³/mol. The monoisotopic (exact) mass is 517 g/mol. The second kappa shape index (κ2) is 11.1. The van der Waals surface area contributed by atoms with Crippen molar-refractivity contribution in [3.05, 3.63) is 104 Å². The van der Waals surface area contributed by atoms with E-state index in [2.05, 4.69) is 5.32 Å². The summed E-state index contributed by atoms with van der Waals surface area (Å²) >= 11 is 0.785. The molecule has 1 fully saturated rings. The molecule has 10 heteroatoms. The van der Waals surface area contributed by atoms with Crippen molar-refractivity contribution in [2.75, 3.05) is 11.9 Å². The van der Waals surface area contributed by atoms with Crippen molar-refractivity contribution >= 4 is 46.3 Å². The normalized spacial score (nSPS) is 14.2. The van der Waals surface area contributed by atoms with Crippen molar-refractivity contribution in [2.45, 2.75) is 20.5 Å². The van der Waals surface area contributed by atoms with Gasteiger partial charge in [0.1, 0.15) is 18.9 Å². The summed E-state index contributed by atoms with van der Waals surface area (Å²) in [5.74, 6) is -0.396. The molecule has 4 rings (SSSR count). The number of carbonyl (C=O) groups is 3. The number of rotatable bonds is 8. The zero-order chi connectivity index (χ0) is 26.5. The summed E-state index contributed by atoms with van der Waals surface area (Å²) in [5, 5.41) is 13.0. The molecule has 1 aliphatic rings. The SMILES string of the molecule is Cc1cccc(C)c1NC(=O)CN1C(=O)S/C(=C/c2ccc(OCc3ccc([N+](=O)[O-])cc3)cc2)C1=O. The van der Waals surface area contributed by atoms with E-state index in [0.29, 0.717) is 17.0 Å². The number of nitrogens with zero attached hydrogens (tertiary/aromatic N) is 2. The fraction of sp³-hybridized carbons (Fsp3) is 0.148. The predicted octanol–water partition coefficient (Wildman–Crippen LogP) is 5.47. The van der Waals surface area contributed by atoms with Crippen LogP contribution in [0.2, 0.25) is 0 Å². The van der Waals surface area contributed by atoms with Gasteiger partial charge in [-0.3, -0.25) is 29.4 Å². The van der Waals surface area contributed by atoms with Gasteiger partial charge in [0, 0.05) is 17.8 Å². The molecule has 1 heterocycles. The molecular formula is C27H23N3O6S. The van der Waals surface area contributed by atoms with Gasteiger partial charge in [0.05, 0.1) is 9.83 Å². The molecule has 1 N–H and O–H groups in total. The van der Waals surface area contributed by atoms with E-state index < -0.39 is 22.0 Å². The summed E-state index contributed by atoms with van der Waals surface area (Å²) in [7, 11) is 0.